The normalized spacial score (nSPS) is 29.6. The highest BCUT2D eigenvalue weighted by Crippen LogP contribution is 2.41. The van der Waals surface area contributed by atoms with E-state index >= 15 is 0 Å². The third kappa shape index (κ3) is 2.99. The van der Waals surface area contributed by atoms with Gasteiger partial charge in [0.25, 0.3) is 5.91 Å². The Labute approximate surface area is 164 Å². The Bertz CT molecular complexity index is 786. The maximum Gasteiger partial charge on any atom is 0.325 e. The van der Waals surface area contributed by atoms with Crippen molar-refractivity contribution in [1.82, 2.24) is 20.4 Å². The molecule has 0 saturated carbocycles. The second-order valence-corrected chi connectivity index (χ2v) is 7.45. The van der Waals surface area contributed by atoms with Gasteiger partial charge in [0.15, 0.2) is 0 Å². The predicted octanol–water partition coefficient (Wildman–Crippen LogP) is 1.01. The molecule has 2 aliphatic heterocycles. The van der Waals surface area contributed by atoms with Crippen molar-refractivity contribution in [3.05, 3.63) is 35.4 Å². The summed E-state index contributed by atoms with van der Waals surface area (Å²) in [5.41, 5.74) is 0.937. The van der Waals surface area contributed by atoms with Crippen LogP contribution in [0.1, 0.15) is 31.4 Å². The summed E-state index contributed by atoms with van der Waals surface area (Å²) in [5.74, 6) is -0.491. The number of hydrogen-bond acceptors (Lipinski definition) is 4. The first-order valence-corrected chi connectivity index (χ1v) is 9.19. The summed E-state index contributed by atoms with van der Waals surface area (Å²) in [5, 5.41) is 6.19. The van der Waals surface area contributed by atoms with Crippen LogP contribution in [0, 0.1) is 0 Å². The van der Waals surface area contributed by atoms with Crippen LogP contribution in [0.2, 0.25) is 0 Å². The average molecular weight is 393 g/mol. The molecule has 0 aromatic heterocycles. The van der Waals surface area contributed by atoms with Gasteiger partial charge in [0.2, 0.25) is 5.91 Å². The first-order chi connectivity index (χ1) is 12.4. The highest BCUT2D eigenvalue weighted by molar-refractivity contribution is 6.09. The van der Waals surface area contributed by atoms with Crippen molar-refractivity contribution >= 4 is 30.3 Å². The van der Waals surface area contributed by atoms with Crippen molar-refractivity contribution in [2.45, 2.75) is 44.3 Å². The molecule has 3 atom stereocenters. The number of urea groups is 1. The molecule has 1 aromatic rings. The third-order valence-corrected chi connectivity index (χ3v) is 6.07. The summed E-state index contributed by atoms with van der Waals surface area (Å²) in [6, 6.07) is 7.43. The fourth-order valence-corrected chi connectivity index (χ4v) is 4.37. The number of rotatable bonds is 2. The van der Waals surface area contributed by atoms with Crippen LogP contribution < -0.4 is 10.6 Å². The van der Waals surface area contributed by atoms with Crippen molar-refractivity contribution in [1.29, 1.82) is 0 Å². The third-order valence-electron chi connectivity index (χ3n) is 6.07. The molecule has 146 valence electrons. The van der Waals surface area contributed by atoms with Crippen molar-refractivity contribution in [2.24, 2.45) is 0 Å². The van der Waals surface area contributed by atoms with Gasteiger partial charge in [-0.2, -0.15) is 0 Å². The number of aryl methyl sites for hydroxylation is 1. The second kappa shape index (κ2) is 7.13. The van der Waals surface area contributed by atoms with E-state index < -0.39 is 11.6 Å². The number of nitrogens with one attached hydrogen (secondary N) is 2. The highest BCUT2D eigenvalue weighted by atomic mass is 35.5. The van der Waals surface area contributed by atoms with E-state index in [2.05, 4.69) is 10.6 Å². The van der Waals surface area contributed by atoms with Crippen molar-refractivity contribution in [2.75, 3.05) is 19.6 Å². The van der Waals surface area contributed by atoms with Crippen LogP contribution in [0.5, 0.6) is 0 Å². The minimum atomic E-state index is -1.00. The van der Waals surface area contributed by atoms with Crippen molar-refractivity contribution < 1.29 is 14.4 Å². The largest absolute Gasteiger partial charge is 0.336 e. The SMILES string of the molecule is CC1NCCN(C(=O)CN2C(=O)NC3(CCc4ccccc43)C2=O)C1C.Cl. The van der Waals surface area contributed by atoms with E-state index in [0.717, 1.165) is 22.4 Å². The van der Waals surface area contributed by atoms with E-state index in [4.69, 9.17) is 0 Å². The molecule has 2 fully saturated rings. The first-order valence-electron chi connectivity index (χ1n) is 9.19. The number of carbonyl (C=O) groups is 3. The minimum Gasteiger partial charge on any atom is -0.336 e. The molecule has 2 saturated heterocycles. The molecule has 2 N–H and O–H groups in total. The van der Waals surface area contributed by atoms with E-state index in [9.17, 15) is 14.4 Å². The second-order valence-electron chi connectivity index (χ2n) is 7.45. The van der Waals surface area contributed by atoms with E-state index in [1.165, 1.54) is 0 Å². The molecule has 0 radical (unpaired) electrons. The molecule has 1 aromatic carbocycles. The molecule has 4 amide bonds. The highest BCUT2D eigenvalue weighted by Gasteiger charge is 2.55. The number of halogens is 1. The van der Waals surface area contributed by atoms with Crippen LogP contribution in [0.15, 0.2) is 24.3 Å². The van der Waals surface area contributed by atoms with Crippen LogP contribution in [0.3, 0.4) is 0 Å². The zero-order valence-electron chi connectivity index (χ0n) is 15.5. The van der Waals surface area contributed by atoms with Crippen LogP contribution in [0.25, 0.3) is 0 Å². The van der Waals surface area contributed by atoms with E-state index in [1.54, 1.807) is 4.90 Å². The van der Waals surface area contributed by atoms with E-state index in [-0.39, 0.29) is 42.8 Å². The standard InChI is InChI=1S/C19H24N4O3.ClH/c1-12-13(2)22(10-9-20-12)16(24)11-23-17(25)19(21-18(23)26)8-7-14-5-3-4-6-15(14)19;/h3-6,12-13,20H,7-11H2,1-2H3,(H,21,26);1H. The molecule has 1 aliphatic carbocycles. The van der Waals surface area contributed by atoms with Gasteiger partial charge in [0.05, 0.1) is 0 Å². The molecule has 27 heavy (non-hydrogen) atoms. The van der Waals surface area contributed by atoms with Crippen LogP contribution in [0.4, 0.5) is 4.79 Å². The zero-order valence-corrected chi connectivity index (χ0v) is 16.3. The Hall–Kier alpha value is -2.12. The molecule has 3 unspecified atom stereocenters. The maximum absolute atomic E-state index is 13.1. The summed E-state index contributed by atoms with van der Waals surface area (Å²) < 4.78 is 0. The van der Waals surface area contributed by atoms with Gasteiger partial charge in [0, 0.05) is 25.2 Å². The Balaban J connectivity index is 0.00000210. The Morgan fingerprint density at radius 2 is 2.00 bits per heavy atom. The van der Waals surface area contributed by atoms with Gasteiger partial charge in [-0.1, -0.05) is 24.3 Å². The Morgan fingerprint density at radius 1 is 1.26 bits per heavy atom. The van der Waals surface area contributed by atoms with Gasteiger partial charge >= 0.3 is 6.03 Å². The molecule has 0 bridgehead atoms. The predicted molar refractivity (Wildman–Crippen MR) is 103 cm³/mol. The lowest BCUT2D eigenvalue weighted by molar-refractivity contribution is -0.141. The molecule has 7 nitrogen and oxygen atoms in total. The number of fused-ring (bicyclic) bond motifs is 2. The van der Waals surface area contributed by atoms with Gasteiger partial charge in [-0.25, -0.2) is 4.79 Å². The Kier molecular flexibility index (Phi) is 5.18. The van der Waals surface area contributed by atoms with Gasteiger partial charge in [-0.15, -0.1) is 12.4 Å². The number of amides is 4. The van der Waals surface area contributed by atoms with Crippen molar-refractivity contribution in [3.63, 3.8) is 0 Å². The number of nitrogens with zero attached hydrogens (tertiary/aromatic N) is 2. The molecule has 1 spiro atoms. The van der Waals surface area contributed by atoms with Crippen LogP contribution >= 0.6 is 12.4 Å². The maximum atomic E-state index is 13.1. The molecular weight excluding hydrogens is 368 g/mol. The van der Waals surface area contributed by atoms with E-state index in [1.807, 2.05) is 38.1 Å². The minimum absolute atomic E-state index is 0. The first kappa shape index (κ1) is 19.6. The number of hydrogen-bond donors (Lipinski definition) is 2. The molecule has 4 rings (SSSR count). The fourth-order valence-electron chi connectivity index (χ4n) is 4.37. The van der Waals surface area contributed by atoms with Gasteiger partial charge in [-0.05, 0) is 37.8 Å². The average Bonchev–Trinajstić information content (AvgIpc) is 3.11. The number of benzene rings is 1. The lowest BCUT2D eigenvalue weighted by atomic mass is 9.92. The quantitative estimate of drug-likeness (QED) is 0.736. The summed E-state index contributed by atoms with van der Waals surface area (Å²) >= 11 is 0. The lowest BCUT2D eigenvalue weighted by Gasteiger charge is -2.39. The van der Waals surface area contributed by atoms with Crippen molar-refractivity contribution in [3.8, 4) is 0 Å². The smallest absolute Gasteiger partial charge is 0.325 e. The topological polar surface area (TPSA) is 81.8 Å². The number of carbonyl (C=O) groups excluding carboxylic acids is 3. The molecule has 8 heteroatoms. The van der Waals surface area contributed by atoms with Gasteiger partial charge < -0.3 is 15.5 Å². The van der Waals surface area contributed by atoms with Gasteiger partial charge in [0.1, 0.15) is 12.1 Å². The monoisotopic (exact) mass is 392 g/mol. The summed E-state index contributed by atoms with van der Waals surface area (Å²) in [6.45, 7) is 5.11. The van der Waals surface area contributed by atoms with E-state index in [0.29, 0.717) is 19.5 Å². The summed E-state index contributed by atoms with van der Waals surface area (Å²) in [7, 11) is 0. The van der Waals surface area contributed by atoms with Crippen LogP contribution in [-0.4, -0.2) is 59.4 Å². The summed E-state index contributed by atoms with van der Waals surface area (Å²) in [6.07, 6.45) is 1.29. The summed E-state index contributed by atoms with van der Waals surface area (Å²) in [4.78, 5) is 41.3. The Morgan fingerprint density at radius 3 is 2.78 bits per heavy atom. The molecule has 3 aliphatic rings. The fraction of sp³-hybridized carbons (Fsp3) is 0.526. The van der Waals surface area contributed by atoms with Crippen LogP contribution in [-0.2, 0) is 21.5 Å². The number of piperazine rings is 1. The zero-order chi connectivity index (χ0) is 18.5. The lowest BCUT2D eigenvalue weighted by Crippen LogP contribution is -2.59. The van der Waals surface area contributed by atoms with Gasteiger partial charge in [-0.3, -0.25) is 14.5 Å². The number of imide groups is 1. The molecule has 2 heterocycles. The molecular formula is C19H25ClN4O3.